The summed E-state index contributed by atoms with van der Waals surface area (Å²) in [4.78, 5) is 46.7. The zero-order valence-corrected chi connectivity index (χ0v) is 23.0. The third-order valence-electron chi connectivity index (χ3n) is 7.66. The highest BCUT2D eigenvalue weighted by Gasteiger charge is 2.41. The Morgan fingerprint density at radius 3 is 2.40 bits per heavy atom. The second kappa shape index (κ2) is 12.4. The van der Waals surface area contributed by atoms with Crippen LogP contribution in [0.3, 0.4) is 0 Å². The molecule has 40 heavy (non-hydrogen) atoms. The number of aromatic nitrogens is 1. The zero-order chi connectivity index (χ0) is 28.1. The molecule has 1 unspecified atom stereocenters. The van der Waals surface area contributed by atoms with E-state index in [-0.39, 0.29) is 31.2 Å². The molecule has 5 rings (SSSR count). The monoisotopic (exact) mass is 545 g/mol. The van der Waals surface area contributed by atoms with Crippen LogP contribution in [0.5, 0.6) is 11.5 Å². The summed E-state index contributed by atoms with van der Waals surface area (Å²) in [7, 11) is 2.92. The van der Waals surface area contributed by atoms with Crippen molar-refractivity contribution in [2.24, 2.45) is 0 Å². The fourth-order valence-corrected chi connectivity index (χ4v) is 5.51. The zero-order valence-electron chi connectivity index (χ0n) is 23.0. The molecule has 210 valence electrons. The van der Waals surface area contributed by atoms with Gasteiger partial charge < -0.3 is 24.0 Å². The van der Waals surface area contributed by atoms with Crippen molar-refractivity contribution < 1.29 is 28.6 Å². The van der Waals surface area contributed by atoms with Crippen LogP contribution in [0.1, 0.15) is 38.5 Å². The molecule has 3 aromatic rings. The fraction of sp³-hybridized carbons (Fsp3) is 0.419. The van der Waals surface area contributed by atoms with E-state index in [9.17, 15) is 14.4 Å². The molecular weight excluding hydrogens is 510 g/mol. The molecule has 2 aromatic carbocycles. The van der Waals surface area contributed by atoms with Crippen LogP contribution in [0.2, 0.25) is 0 Å². The van der Waals surface area contributed by atoms with Crippen molar-refractivity contribution >= 4 is 28.7 Å². The van der Waals surface area contributed by atoms with Crippen molar-refractivity contribution in [3.63, 3.8) is 0 Å². The van der Waals surface area contributed by atoms with Gasteiger partial charge in [0.25, 0.3) is 0 Å². The van der Waals surface area contributed by atoms with Gasteiger partial charge in [0.2, 0.25) is 11.8 Å². The lowest BCUT2D eigenvalue weighted by atomic mass is 10.1. The van der Waals surface area contributed by atoms with Gasteiger partial charge in [0.1, 0.15) is 23.6 Å². The van der Waals surface area contributed by atoms with Crippen LogP contribution in [-0.2, 0) is 19.1 Å². The number of ether oxygens (including phenoxy) is 3. The van der Waals surface area contributed by atoms with Gasteiger partial charge in [-0.2, -0.15) is 0 Å². The number of esters is 1. The number of nitrogens with zero attached hydrogens (tertiary/aromatic N) is 3. The van der Waals surface area contributed by atoms with Crippen LogP contribution in [0.4, 0.5) is 0 Å². The first-order valence-electron chi connectivity index (χ1n) is 13.8. The second-order valence-corrected chi connectivity index (χ2v) is 10.3. The minimum absolute atomic E-state index is 0.0122. The van der Waals surface area contributed by atoms with Gasteiger partial charge in [0, 0.05) is 55.4 Å². The summed E-state index contributed by atoms with van der Waals surface area (Å²) in [5.41, 5.74) is 2.39. The van der Waals surface area contributed by atoms with Crippen LogP contribution in [0.15, 0.2) is 54.6 Å². The highest BCUT2D eigenvalue weighted by Crippen LogP contribution is 2.34. The van der Waals surface area contributed by atoms with Crippen molar-refractivity contribution in [1.82, 2.24) is 14.8 Å². The smallest absolute Gasteiger partial charge is 0.328 e. The molecule has 0 aliphatic carbocycles. The number of benzene rings is 2. The number of pyridine rings is 1. The molecule has 3 heterocycles. The normalized spacial score (nSPS) is 18.9. The number of likely N-dealkylation sites (tertiary alicyclic amines) is 2. The third kappa shape index (κ3) is 6.03. The van der Waals surface area contributed by atoms with Crippen LogP contribution < -0.4 is 9.47 Å². The average Bonchev–Trinajstić information content (AvgIpc) is 3.43. The van der Waals surface area contributed by atoms with Crippen molar-refractivity contribution in [1.29, 1.82) is 0 Å². The molecular formula is C31H35N3O6. The Morgan fingerprint density at radius 1 is 0.925 bits per heavy atom. The van der Waals surface area contributed by atoms with Crippen LogP contribution >= 0.6 is 0 Å². The molecule has 9 nitrogen and oxygen atoms in total. The minimum Gasteiger partial charge on any atom is -0.497 e. The maximum Gasteiger partial charge on any atom is 0.328 e. The molecule has 0 N–H and O–H groups in total. The van der Waals surface area contributed by atoms with E-state index in [0.29, 0.717) is 23.4 Å². The quantitative estimate of drug-likeness (QED) is 0.391. The first-order chi connectivity index (χ1) is 19.5. The first-order valence-corrected chi connectivity index (χ1v) is 13.8. The largest absolute Gasteiger partial charge is 0.497 e. The SMILES string of the molecule is COC(=O)[C@@H]1CC(Oc2cc(-c3ccccc3)nc3cc(OC)ccc23)CN1C(=O)CCC(=O)N1CCCCC1. The Kier molecular flexibility index (Phi) is 8.48. The number of hydrogen-bond donors (Lipinski definition) is 0. The van der Waals surface area contributed by atoms with Crippen LogP contribution in [0.25, 0.3) is 22.2 Å². The molecule has 0 radical (unpaired) electrons. The predicted octanol–water partition coefficient (Wildman–Crippen LogP) is 4.22. The topological polar surface area (TPSA) is 98.3 Å². The number of carbonyl (C=O) groups is 3. The summed E-state index contributed by atoms with van der Waals surface area (Å²) >= 11 is 0. The highest BCUT2D eigenvalue weighted by molar-refractivity contribution is 5.90. The molecule has 2 aliphatic rings. The molecule has 2 aliphatic heterocycles. The Morgan fingerprint density at radius 2 is 1.68 bits per heavy atom. The maximum atomic E-state index is 13.3. The van der Waals surface area contributed by atoms with Gasteiger partial charge in [-0.3, -0.25) is 9.59 Å². The number of piperidine rings is 1. The molecule has 2 amide bonds. The van der Waals surface area contributed by atoms with Gasteiger partial charge in [0.15, 0.2) is 0 Å². The van der Waals surface area contributed by atoms with Gasteiger partial charge in [-0.15, -0.1) is 0 Å². The summed E-state index contributed by atoms with van der Waals surface area (Å²) < 4.78 is 16.9. The standard InChI is InChI=1S/C31H35N3O6/c1-38-22-11-12-24-26(17-22)32-25(21-9-5-3-6-10-21)19-28(24)40-23-18-27(31(37)39-2)34(20-23)30(36)14-13-29(35)33-15-7-4-8-16-33/h3,5-6,9-12,17,19,23,27H,4,7-8,13-16,18,20H2,1-2H3/t23?,27-/m0/s1. The van der Waals surface area contributed by atoms with Crippen LogP contribution in [0, 0.1) is 0 Å². The van der Waals surface area contributed by atoms with Crippen molar-refractivity contribution in [3.05, 3.63) is 54.6 Å². The molecule has 0 bridgehead atoms. The lowest BCUT2D eigenvalue weighted by Crippen LogP contribution is -2.42. The van der Waals surface area contributed by atoms with E-state index >= 15 is 0 Å². The molecule has 2 atom stereocenters. The first kappa shape index (κ1) is 27.4. The summed E-state index contributed by atoms with van der Waals surface area (Å²) in [5.74, 6) is 0.535. The van der Waals surface area contributed by atoms with Crippen molar-refractivity contribution in [2.45, 2.75) is 50.7 Å². The van der Waals surface area contributed by atoms with Crippen molar-refractivity contribution in [2.75, 3.05) is 33.9 Å². The Hall–Kier alpha value is -4.14. The van der Waals surface area contributed by atoms with E-state index in [0.717, 1.165) is 49.0 Å². The van der Waals surface area contributed by atoms with Gasteiger partial charge in [0.05, 0.1) is 32.0 Å². The molecule has 0 saturated carbocycles. The van der Waals surface area contributed by atoms with E-state index in [4.69, 9.17) is 19.2 Å². The third-order valence-corrected chi connectivity index (χ3v) is 7.66. The van der Waals surface area contributed by atoms with Gasteiger partial charge in [-0.1, -0.05) is 30.3 Å². The molecule has 0 spiro atoms. The van der Waals surface area contributed by atoms with Gasteiger partial charge in [-0.05, 0) is 31.4 Å². The number of hydrogen-bond acceptors (Lipinski definition) is 7. The highest BCUT2D eigenvalue weighted by atomic mass is 16.5. The summed E-state index contributed by atoms with van der Waals surface area (Å²) in [6.45, 7) is 1.71. The summed E-state index contributed by atoms with van der Waals surface area (Å²) in [6.07, 6.45) is 3.15. The lowest BCUT2D eigenvalue weighted by Gasteiger charge is -2.27. The second-order valence-electron chi connectivity index (χ2n) is 10.3. The summed E-state index contributed by atoms with van der Waals surface area (Å²) in [5, 5.41) is 0.798. The van der Waals surface area contributed by atoms with Crippen molar-refractivity contribution in [3.8, 4) is 22.8 Å². The number of rotatable bonds is 8. The number of methoxy groups -OCH3 is 2. The van der Waals surface area contributed by atoms with E-state index in [1.54, 1.807) is 7.11 Å². The fourth-order valence-electron chi connectivity index (χ4n) is 5.51. The Balaban J connectivity index is 1.36. The van der Waals surface area contributed by atoms with Gasteiger partial charge in [-0.25, -0.2) is 9.78 Å². The lowest BCUT2D eigenvalue weighted by molar-refractivity contribution is -0.151. The molecule has 1 aromatic heterocycles. The predicted molar refractivity (Wildman–Crippen MR) is 150 cm³/mol. The van der Waals surface area contributed by atoms with E-state index in [1.165, 1.54) is 12.0 Å². The van der Waals surface area contributed by atoms with E-state index in [2.05, 4.69) is 0 Å². The maximum absolute atomic E-state index is 13.3. The van der Waals surface area contributed by atoms with Crippen LogP contribution in [-0.4, -0.2) is 78.6 Å². The molecule has 9 heteroatoms. The molecule has 2 saturated heterocycles. The number of amides is 2. The average molecular weight is 546 g/mol. The Labute approximate surface area is 234 Å². The number of fused-ring (bicyclic) bond motifs is 1. The van der Waals surface area contributed by atoms with Gasteiger partial charge >= 0.3 is 5.97 Å². The van der Waals surface area contributed by atoms with E-state index in [1.807, 2.05) is 59.5 Å². The summed E-state index contributed by atoms with van der Waals surface area (Å²) in [6, 6.07) is 16.5. The minimum atomic E-state index is -0.769. The number of carbonyl (C=O) groups excluding carboxylic acids is 3. The van der Waals surface area contributed by atoms with E-state index < -0.39 is 18.1 Å². The Bertz CT molecular complexity index is 1370. The molecule has 2 fully saturated rings.